The number of rotatable bonds is 5. The maximum Gasteiger partial charge on any atom is 0.241 e. The van der Waals surface area contributed by atoms with Gasteiger partial charge in [0, 0.05) is 38.1 Å². The molecule has 1 N–H and O–H groups in total. The second kappa shape index (κ2) is 7.07. The lowest BCUT2D eigenvalue weighted by atomic mass is 10.1. The van der Waals surface area contributed by atoms with E-state index < -0.39 is 0 Å². The molecule has 0 spiro atoms. The van der Waals surface area contributed by atoms with E-state index in [0.29, 0.717) is 12.5 Å². The molecule has 0 aliphatic carbocycles. The van der Waals surface area contributed by atoms with Gasteiger partial charge in [-0.1, -0.05) is 24.3 Å². The fourth-order valence-electron chi connectivity index (χ4n) is 2.98. The van der Waals surface area contributed by atoms with E-state index in [9.17, 15) is 4.39 Å². The van der Waals surface area contributed by atoms with Crippen LogP contribution in [0.15, 0.2) is 67.0 Å². The van der Waals surface area contributed by atoms with Gasteiger partial charge in [-0.3, -0.25) is 0 Å². The molecule has 0 bridgehead atoms. The highest BCUT2D eigenvalue weighted by Gasteiger charge is 2.08. The van der Waals surface area contributed by atoms with Crippen molar-refractivity contribution in [3.63, 3.8) is 0 Å². The molecule has 2 heterocycles. The Labute approximate surface area is 157 Å². The van der Waals surface area contributed by atoms with E-state index in [2.05, 4.69) is 38.5 Å². The summed E-state index contributed by atoms with van der Waals surface area (Å²) in [7, 11) is 4.04. The second-order valence-electron chi connectivity index (χ2n) is 6.57. The van der Waals surface area contributed by atoms with Gasteiger partial charge in [-0.25, -0.2) is 13.9 Å². The smallest absolute Gasteiger partial charge is 0.241 e. The number of nitrogens with zero attached hydrogens (tertiary/aromatic N) is 4. The summed E-state index contributed by atoms with van der Waals surface area (Å²) in [5, 5.41) is 7.79. The van der Waals surface area contributed by atoms with E-state index in [0.717, 1.165) is 27.9 Å². The fraction of sp³-hybridized carbons (Fsp3) is 0.143. The van der Waals surface area contributed by atoms with Crippen molar-refractivity contribution in [2.24, 2.45) is 0 Å². The molecule has 27 heavy (non-hydrogen) atoms. The zero-order valence-electron chi connectivity index (χ0n) is 15.2. The number of aromatic nitrogens is 3. The Balaban J connectivity index is 1.54. The van der Waals surface area contributed by atoms with Crippen LogP contribution in [0.1, 0.15) is 5.56 Å². The van der Waals surface area contributed by atoms with Crippen molar-refractivity contribution in [2.75, 3.05) is 24.3 Å². The third-order valence-electron chi connectivity index (χ3n) is 4.45. The summed E-state index contributed by atoms with van der Waals surface area (Å²) in [5.41, 5.74) is 5.09. The maximum absolute atomic E-state index is 13.1. The minimum atomic E-state index is -0.247. The molecule has 2 aromatic carbocycles. The lowest BCUT2D eigenvalue weighted by Crippen LogP contribution is -2.10. The van der Waals surface area contributed by atoms with Gasteiger partial charge in [-0.2, -0.15) is 0 Å². The first-order chi connectivity index (χ1) is 13.1. The van der Waals surface area contributed by atoms with Gasteiger partial charge in [0.2, 0.25) is 5.95 Å². The number of hydrogen-bond acceptors (Lipinski definition) is 4. The van der Waals surface area contributed by atoms with Gasteiger partial charge in [-0.05, 0) is 41.5 Å². The van der Waals surface area contributed by atoms with Crippen molar-refractivity contribution in [3.8, 4) is 11.1 Å². The third kappa shape index (κ3) is 3.60. The van der Waals surface area contributed by atoms with E-state index in [1.165, 1.54) is 12.1 Å². The van der Waals surface area contributed by atoms with Crippen LogP contribution in [0.5, 0.6) is 0 Å². The SMILES string of the molecule is CN(C)c1cccc(CNc2ncc3c(-c4ccc(F)cc4)ccn3n2)c1. The van der Waals surface area contributed by atoms with Crippen LogP contribution in [0.25, 0.3) is 16.6 Å². The number of anilines is 2. The monoisotopic (exact) mass is 361 g/mol. The molecule has 4 aromatic rings. The Kier molecular flexibility index (Phi) is 4.46. The van der Waals surface area contributed by atoms with Crippen LogP contribution in [-0.2, 0) is 6.54 Å². The average Bonchev–Trinajstić information content (AvgIpc) is 3.10. The van der Waals surface area contributed by atoms with Crippen LogP contribution in [0, 0.1) is 5.82 Å². The predicted octanol–water partition coefficient (Wildman–Crippen LogP) is 4.21. The largest absolute Gasteiger partial charge is 0.378 e. The molecule has 0 aliphatic rings. The topological polar surface area (TPSA) is 45.5 Å². The number of hydrogen-bond donors (Lipinski definition) is 1. The lowest BCUT2D eigenvalue weighted by molar-refractivity contribution is 0.628. The molecule has 0 fully saturated rings. The molecule has 5 nitrogen and oxygen atoms in total. The van der Waals surface area contributed by atoms with E-state index in [4.69, 9.17) is 0 Å². The number of fused-ring (bicyclic) bond motifs is 1. The molecule has 0 unspecified atom stereocenters. The van der Waals surface area contributed by atoms with Gasteiger partial charge in [0.1, 0.15) is 5.82 Å². The summed E-state index contributed by atoms with van der Waals surface area (Å²) in [6.45, 7) is 0.638. The van der Waals surface area contributed by atoms with E-state index in [-0.39, 0.29) is 5.82 Å². The highest BCUT2D eigenvalue weighted by atomic mass is 19.1. The molecular weight excluding hydrogens is 341 g/mol. The molecule has 6 heteroatoms. The van der Waals surface area contributed by atoms with Crippen molar-refractivity contribution >= 4 is 17.2 Å². The van der Waals surface area contributed by atoms with Crippen LogP contribution in [0.2, 0.25) is 0 Å². The average molecular weight is 361 g/mol. The van der Waals surface area contributed by atoms with Crippen molar-refractivity contribution in [3.05, 3.63) is 78.4 Å². The van der Waals surface area contributed by atoms with Crippen LogP contribution in [-0.4, -0.2) is 28.7 Å². The first kappa shape index (κ1) is 17.0. The normalized spacial score (nSPS) is 10.9. The van der Waals surface area contributed by atoms with Crippen LogP contribution >= 0.6 is 0 Å². The number of halogens is 1. The van der Waals surface area contributed by atoms with Gasteiger partial charge in [0.05, 0.1) is 11.7 Å². The predicted molar refractivity (Wildman–Crippen MR) is 106 cm³/mol. The molecule has 4 rings (SSSR count). The first-order valence-corrected chi connectivity index (χ1v) is 8.70. The number of nitrogens with one attached hydrogen (secondary N) is 1. The van der Waals surface area contributed by atoms with E-state index in [1.54, 1.807) is 22.8 Å². The van der Waals surface area contributed by atoms with Crippen molar-refractivity contribution in [2.45, 2.75) is 6.54 Å². The van der Waals surface area contributed by atoms with Gasteiger partial charge < -0.3 is 10.2 Å². The molecule has 0 amide bonds. The summed E-state index contributed by atoms with van der Waals surface area (Å²) in [6, 6.07) is 16.7. The zero-order chi connectivity index (χ0) is 18.8. The second-order valence-corrected chi connectivity index (χ2v) is 6.57. The Hall–Kier alpha value is -3.41. The lowest BCUT2D eigenvalue weighted by Gasteiger charge is -2.13. The van der Waals surface area contributed by atoms with Gasteiger partial charge in [0.25, 0.3) is 0 Å². The Morgan fingerprint density at radius 2 is 1.89 bits per heavy atom. The molecule has 0 saturated carbocycles. The summed E-state index contributed by atoms with van der Waals surface area (Å²) >= 11 is 0. The maximum atomic E-state index is 13.1. The molecule has 0 radical (unpaired) electrons. The minimum absolute atomic E-state index is 0.247. The number of benzene rings is 2. The molecule has 136 valence electrons. The minimum Gasteiger partial charge on any atom is -0.378 e. The summed E-state index contributed by atoms with van der Waals surface area (Å²) in [6.07, 6.45) is 3.66. The Morgan fingerprint density at radius 3 is 2.67 bits per heavy atom. The summed E-state index contributed by atoms with van der Waals surface area (Å²) < 4.78 is 14.9. The molecule has 0 aliphatic heterocycles. The Bertz CT molecular complexity index is 1070. The highest BCUT2D eigenvalue weighted by molar-refractivity contribution is 5.80. The fourth-order valence-corrected chi connectivity index (χ4v) is 2.98. The van der Waals surface area contributed by atoms with Crippen LogP contribution in [0.4, 0.5) is 16.0 Å². The first-order valence-electron chi connectivity index (χ1n) is 8.70. The zero-order valence-corrected chi connectivity index (χ0v) is 15.2. The van der Waals surface area contributed by atoms with Crippen LogP contribution < -0.4 is 10.2 Å². The molecule has 0 atom stereocenters. The highest BCUT2D eigenvalue weighted by Crippen LogP contribution is 2.25. The van der Waals surface area contributed by atoms with Crippen molar-refractivity contribution in [1.82, 2.24) is 14.6 Å². The van der Waals surface area contributed by atoms with Gasteiger partial charge >= 0.3 is 0 Å². The summed E-state index contributed by atoms with van der Waals surface area (Å²) in [5.74, 6) is 0.308. The van der Waals surface area contributed by atoms with Gasteiger partial charge in [0.15, 0.2) is 0 Å². The van der Waals surface area contributed by atoms with Gasteiger partial charge in [-0.15, -0.1) is 5.10 Å². The third-order valence-corrected chi connectivity index (χ3v) is 4.45. The van der Waals surface area contributed by atoms with E-state index >= 15 is 0 Å². The molecule has 2 aromatic heterocycles. The van der Waals surface area contributed by atoms with Crippen molar-refractivity contribution < 1.29 is 4.39 Å². The van der Waals surface area contributed by atoms with E-state index in [1.807, 2.05) is 32.4 Å². The van der Waals surface area contributed by atoms with Crippen LogP contribution in [0.3, 0.4) is 0 Å². The standard InChI is InChI=1S/C21H20FN5/c1-26(2)18-5-3-4-15(12-18)13-23-21-24-14-20-19(10-11-27(20)25-21)16-6-8-17(22)9-7-16/h3-12,14H,13H2,1-2H3,(H,23,25). The molecular formula is C21H20FN5. The summed E-state index contributed by atoms with van der Waals surface area (Å²) in [4.78, 5) is 6.50. The quantitative estimate of drug-likeness (QED) is 0.578. The van der Waals surface area contributed by atoms with Crippen molar-refractivity contribution in [1.29, 1.82) is 0 Å². The molecule has 0 saturated heterocycles. The Morgan fingerprint density at radius 1 is 1.07 bits per heavy atom.